The van der Waals surface area contributed by atoms with E-state index in [2.05, 4.69) is 32.4 Å². The molecule has 2 unspecified atom stereocenters. The predicted octanol–water partition coefficient (Wildman–Crippen LogP) is 2.68. The third-order valence-corrected chi connectivity index (χ3v) is 2.81. The molecule has 0 amide bonds. The molecule has 0 radical (unpaired) electrons. The van der Waals surface area contributed by atoms with Gasteiger partial charge in [-0.15, -0.1) is 0 Å². The van der Waals surface area contributed by atoms with E-state index < -0.39 is 0 Å². The minimum Gasteiger partial charge on any atom is -0.300 e. The summed E-state index contributed by atoms with van der Waals surface area (Å²) in [5.41, 5.74) is 1.28. The lowest BCUT2D eigenvalue weighted by atomic mass is 10.1. The van der Waals surface area contributed by atoms with Gasteiger partial charge in [-0.3, -0.25) is 4.90 Å². The van der Waals surface area contributed by atoms with Crippen LogP contribution in [-0.2, 0) is 0 Å². The summed E-state index contributed by atoms with van der Waals surface area (Å²) >= 11 is 0. The zero-order chi connectivity index (χ0) is 9.14. The Morgan fingerprint density at radius 2 is 2.17 bits per heavy atom. The molecule has 0 aromatic carbocycles. The average molecular weight is 167 g/mol. The number of nitrogens with zero attached hydrogens (tertiary/aromatic N) is 1. The lowest BCUT2D eigenvalue weighted by Crippen LogP contribution is -2.30. The molecule has 70 valence electrons. The van der Waals surface area contributed by atoms with E-state index in [1.807, 2.05) is 0 Å². The van der Waals surface area contributed by atoms with Gasteiger partial charge >= 0.3 is 0 Å². The minimum absolute atomic E-state index is 0.816. The van der Waals surface area contributed by atoms with Gasteiger partial charge in [0.1, 0.15) is 0 Å². The molecule has 1 heteroatoms. The highest BCUT2D eigenvalue weighted by Crippen LogP contribution is 2.28. The molecule has 1 nitrogen and oxygen atoms in total. The number of rotatable bonds is 3. The SMILES string of the molecule is C=C(C)CN(C)C1CCC(C)C1. The second kappa shape index (κ2) is 4.08. The summed E-state index contributed by atoms with van der Waals surface area (Å²) in [5.74, 6) is 0.933. The quantitative estimate of drug-likeness (QED) is 0.584. The molecule has 2 atom stereocenters. The molecule has 1 saturated carbocycles. The van der Waals surface area contributed by atoms with Crippen molar-refractivity contribution in [1.29, 1.82) is 0 Å². The first-order chi connectivity index (χ1) is 5.59. The average Bonchev–Trinajstić information content (AvgIpc) is 2.34. The van der Waals surface area contributed by atoms with Crippen molar-refractivity contribution in [3.05, 3.63) is 12.2 Å². The monoisotopic (exact) mass is 167 g/mol. The van der Waals surface area contributed by atoms with Gasteiger partial charge in [0.15, 0.2) is 0 Å². The van der Waals surface area contributed by atoms with E-state index in [9.17, 15) is 0 Å². The molecular weight excluding hydrogens is 146 g/mol. The number of hydrogen-bond acceptors (Lipinski definition) is 1. The lowest BCUT2D eigenvalue weighted by Gasteiger charge is -2.24. The van der Waals surface area contributed by atoms with Crippen LogP contribution < -0.4 is 0 Å². The van der Waals surface area contributed by atoms with Gasteiger partial charge < -0.3 is 0 Å². The highest BCUT2D eigenvalue weighted by atomic mass is 15.1. The molecule has 0 N–H and O–H groups in total. The van der Waals surface area contributed by atoms with Gasteiger partial charge in [-0.25, -0.2) is 0 Å². The molecule has 0 aromatic heterocycles. The van der Waals surface area contributed by atoms with Gasteiger partial charge in [0.2, 0.25) is 0 Å². The Hall–Kier alpha value is -0.300. The summed E-state index contributed by atoms with van der Waals surface area (Å²) in [7, 11) is 2.22. The number of likely N-dealkylation sites (N-methyl/N-ethyl adjacent to an activating group) is 1. The maximum absolute atomic E-state index is 3.94. The Labute approximate surface area is 76.5 Å². The third kappa shape index (κ3) is 2.63. The zero-order valence-electron chi connectivity index (χ0n) is 8.64. The summed E-state index contributed by atoms with van der Waals surface area (Å²) in [6, 6.07) is 0.816. The molecule has 0 bridgehead atoms. The Kier molecular flexibility index (Phi) is 3.33. The molecular formula is C11H21N. The van der Waals surface area contributed by atoms with E-state index in [0.717, 1.165) is 18.5 Å². The fourth-order valence-electron chi connectivity index (χ4n) is 2.13. The maximum Gasteiger partial charge on any atom is 0.0187 e. The summed E-state index contributed by atoms with van der Waals surface area (Å²) in [6.45, 7) is 9.47. The third-order valence-electron chi connectivity index (χ3n) is 2.81. The van der Waals surface area contributed by atoms with Gasteiger partial charge in [-0.1, -0.05) is 19.1 Å². The summed E-state index contributed by atoms with van der Waals surface area (Å²) in [4.78, 5) is 2.45. The fraction of sp³-hybridized carbons (Fsp3) is 0.818. The zero-order valence-corrected chi connectivity index (χ0v) is 8.64. The molecule has 1 aliphatic rings. The Morgan fingerprint density at radius 1 is 1.50 bits per heavy atom. The van der Waals surface area contributed by atoms with Crippen molar-refractivity contribution in [2.24, 2.45) is 5.92 Å². The first kappa shape index (κ1) is 9.79. The van der Waals surface area contributed by atoms with Crippen LogP contribution in [0.5, 0.6) is 0 Å². The molecule has 0 aliphatic heterocycles. The van der Waals surface area contributed by atoms with Crippen molar-refractivity contribution in [3.63, 3.8) is 0 Å². The maximum atomic E-state index is 3.94. The van der Waals surface area contributed by atoms with E-state index in [-0.39, 0.29) is 0 Å². The fourth-order valence-corrected chi connectivity index (χ4v) is 2.13. The van der Waals surface area contributed by atoms with Crippen LogP contribution in [0.4, 0.5) is 0 Å². The molecule has 1 fully saturated rings. The van der Waals surface area contributed by atoms with Crippen molar-refractivity contribution in [1.82, 2.24) is 4.90 Å². The second-order valence-electron chi connectivity index (χ2n) is 4.44. The van der Waals surface area contributed by atoms with Crippen molar-refractivity contribution >= 4 is 0 Å². The van der Waals surface area contributed by atoms with Crippen molar-refractivity contribution in [2.75, 3.05) is 13.6 Å². The van der Waals surface area contributed by atoms with Crippen LogP contribution in [0.25, 0.3) is 0 Å². The Balaban J connectivity index is 2.32. The van der Waals surface area contributed by atoms with Crippen LogP contribution in [0.2, 0.25) is 0 Å². The van der Waals surface area contributed by atoms with Crippen molar-refractivity contribution in [2.45, 2.75) is 39.2 Å². The van der Waals surface area contributed by atoms with Gasteiger partial charge in [-0.2, -0.15) is 0 Å². The van der Waals surface area contributed by atoms with Gasteiger partial charge in [-0.05, 0) is 39.2 Å². The van der Waals surface area contributed by atoms with Gasteiger partial charge in [0.05, 0.1) is 0 Å². The van der Waals surface area contributed by atoms with Crippen LogP contribution in [0.15, 0.2) is 12.2 Å². The molecule has 0 heterocycles. The van der Waals surface area contributed by atoms with E-state index in [1.54, 1.807) is 0 Å². The summed E-state index contributed by atoms with van der Waals surface area (Å²) in [5, 5.41) is 0. The van der Waals surface area contributed by atoms with E-state index in [0.29, 0.717) is 0 Å². The molecule has 1 aliphatic carbocycles. The number of hydrogen-bond donors (Lipinski definition) is 0. The molecule has 1 rings (SSSR count). The van der Waals surface area contributed by atoms with E-state index >= 15 is 0 Å². The van der Waals surface area contributed by atoms with Crippen LogP contribution >= 0.6 is 0 Å². The van der Waals surface area contributed by atoms with Crippen LogP contribution in [0, 0.1) is 5.92 Å². The first-order valence-corrected chi connectivity index (χ1v) is 4.94. The first-order valence-electron chi connectivity index (χ1n) is 4.94. The topological polar surface area (TPSA) is 3.24 Å². The standard InChI is InChI=1S/C11H21N/c1-9(2)8-12(4)11-6-5-10(3)7-11/h10-11H,1,5-8H2,2-4H3. The summed E-state index contributed by atoms with van der Waals surface area (Å²) in [6.07, 6.45) is 4.17. The molecule has 0 saturated heterocycles. The Bertz CT molecular complexity index is 162. The Morgan fingerprint density at radius 3 is 2.58 bits per heavy atom. The summed E-state index contributed by atoms with van der Waals surface area (Å²) < 4.78 is 0. The van der Waals surface area contributed by atoms with Gasteiger partial charge in [0.25, 0.3) is 0 Å². The van der Waals surface area contributed by atoms with Gasteiger partial charge in [0, 0.05) is 12.6 Å². The normalized spacial score (nSPS) is 29.7. The largest absolute Gasteiger partial charge is 0.300 e. The van der Waals surface area contributed by atoms with Crippen LogP contribution in [0.1, 0.15) is 33.1 Å². The highest BCUT2D eigenvalue weighted by Gasteiger charge is 2.24. The van der Waals surface area contributed by atoms with E-state index in [1.165, 1.54) is 24.8 Å². The lowest BCUT2D eigenvalue weighted by molar-refractivity contribution is 0.260. The molecule has 0 aromatic rings. The van der Waals surface area contributed by atoms with Crippen LogP contribution in [0.3, 0.4) is 0 Å². The second-order valence-corrected chi connectivity index (χ2v) is 4.44. The minimum atomic E-state index is 0.816. The molecule has 12 heavy (non-hydrogen) atoms. The smallest absolute Gasteiger partial charge is 0.0187 e. The van der Waals surface area contributed by atoms with Crippen molar-refractivity contribution in [3.8, 4) is 0 Å². The molecule has 0 spiro atoms. The van der Waals surface area contributed by atoms with E-state index in [4.69, 9.17) is 0 Å². The van der Waals surface area contributed by atoms with Crippen molar-refractivity contribution < 1.29 is 0 Å². The highest BCUT2D eigenvalue weighted by molar-refractivity contribution is 4.93. The predicted molar refractivity (Wildman–Crippen MR) is 54.2 cm³/mol. The van der Waals surface area contributed by atoms with Crippen LogP contribution in [-0.4, -0.2) is 24.5 Å².